The molecular weight excluding hydrogens is 333 g/mol. The Hall–Kier alpha value is -0.400. The number of sulfonamides is 1. The van der Waals surface area contributed by atoms with Crippen molar-refractivity contribution in [3.63, 3.8) is 0 Å². The highest BCUT2D eigenvalue weighted by atomic mass is 35.5. The van der Waals surface area contributed by atoms with Crippen molar-refractivity contribution in [1.29, 1.82) is 0 Å². The summed E-state index contributed by atoms with van der Waals surface area (Å²) in [6.45, 7) is 7.75. The van der Waals surface area contributed by atoms with Crippen LogP contribution in [0.2, 0.25) is 10.2 Å². The number of rotatable bonds is 4. The Labute approximate surface area is 135 Å². The molecule has 2 rings (SSSR count). The molecule has 1 aromatic heterocycles. The summed E-state index contributed by atoms with van der Waals surface area (Å²) in [7, 11) is -3.55. The van der Waals surface area contributed by atoms with Crippen molar-refractivity contribution in [3.05, 3.63) is 22.4 Å². The Morgan fingerprint density at radius 2 is 1.86 bits per heavy atom. The van der Waals surface area contributed by atoms with Gasteiger partial charge in [-0.1, -0.05) is 37.0 Å². The second kappa shape index (κ2) is 6.79. The molecule has 0 N–H and O–H groups in total. The summed E-state index contributed by atoms with van der Waals surface area (Å²) < 4.78 is 26.6. The maximum absolute atomic E-state index is 12.5. The maximum Gasteiger partial charge on any atom is 0.244 e. The molecule has 0 radical (unpaired) electrons. The average molecular weight is 352 g/mol. The van der Waals surface area contributed by atoms with Gasteiger partial charge in [-0.15, -0.1) is 0 Å². The highest BCUT2D eigenvalue weighted by Gasteiger charge is 2.29. The van der Waals surface area contributed by atoms with Crippen molar-refractivity contribution in [2.75, 3.05) is 32.7 Å². The molecule has 2 heterocycles. The van der Waals surface area contributed by atoms with Crippen LogP contribution in [0.25, 0.3) is 0 Å². The molecule has 1 aliphatic rings. The number of nitrogens with zero attached hydrogens (tertiary/aromatic N) is 3. The lowest BCUT2D eigenvalue weighted by molar-refractivity contribution is 0.172. The Morgan fingerprint density at radius 1 is 1.24 bits per heavy atom. The lowest BCUT2D eigenvalue weighted by Gasteiger charge is -2.34. The largest absolute Gasteiger partial charge is 0.300 e. The second-order valence-corrected chi connectivity index (χ2v) is 8.25. The highest BCUT2D eigenvalue weighted by molar-refractivity contribution is 7.89. The minimum absolute atomic E-state index is 0.0919. The fourth-order valence-electron chi connectivity index (χ4n) is 2.36. The summed E-state index contributed by atoms with van der Waals surface area (Å²) in [5.41, 5.74) is 0. The summed E-state index contributed by atoms with van der Waals surface area (Å²) in [4.78, 5) is 6.18. The highest BCUT2D eigenvalue weighted by Crippen LogP contribution is 2.24. The van der Waals surface area contributed by atoms with Crippen molar-refractivity contribution in [1.82, 2.24) is 14.2 Å². The first-order valence-corrected chi connectivity index (χ1v) is 9.04. The topological polar surface area (TPSA) is 53.5 Å². The van der Waals surface area contributed by atoms with Crippen LogP contribution in [0.5, 0.6) is 0 Å². The van der Waals surface area contributed by atoms with Gasteiger partial charge in [0.15, 0.2) is 0 Å². The van der Waals surface area contributed by atoms with E-state index in [-0.39, 0.29) is 15.1 Å². The smallest absolute Gasteiger partial charge is 0.244 e. The molecule has 1 fully saturated rings. The van der Waals surface area contributed by atoms with E-state index in [1.165, 1.54) is 16.6 Å². The maximum atomic E-state index is 12.5. The lowest BCUT2D eigenvalue weighted by atomic mass is 10.2. The van der Waals surface area contributed by atoms with Crippen LogP contribution in [0.15, 0.2) is 17.2 Å². The van der Waals surface area contributed by atoms with E-state index in [9.17, 15) is 8.42 Å². The molecule has 0 spiro atoms. The zero-order valence-corrected chi connectivity index (χ0v) is 14.4. The van der Waals surface area contributed by atoms with Crippen LogP contribution in [0, 0.1) is 5.92 Å². The molecule has 1 aliphatic heterocycles. The first kappa shape index (κ1) is 17.0. The van der Waals surface area contributed by atoms with E-state index in [0.29, 0.717) is 19.0 Å². The third kappa shape index (κ3) is 4.07. The van der Waals surface area contributed by atoms with Gasteiger partial charge in [0.05, 0.1) is 5.02 Å². The van der Waals surface area contributed by atoms with E-state index < -0.39 is 10.0 Å². The van der Waals surface area contributed by atoms with Crippen LogP contribution in [0.3, 0.4) is 0 Å². The number of aromatic nitrogens is 1. The van der Waals surface area contributed by atoms with Gasteiger partial charge < -0.3 is 4.90 Å². The quantitative estimate of drug-likeness (QED) is 0.781. The standard InChI is InChI=1S/C13H19Cl2N3O2S/c1-10(2)9-17-3-5-18(6-4-17)21(19,20)11-7-12(14)13(15)16-8-11/h7-8,10H,3-6,9H2,1-2H3. The summed E-state index contributed by atoms with van der Waals surface area (Å²) in [6, 6.07) is 1.35. The molecule has 8 heteroatoms. The Bertz CT molecular complexity index is 599. The van der Waals surface area contributed by atoms with Gasteiger partial charge in [0.1, 0.15) is 10.0 Å². The molecule has 0 aromatic carbocycles. The molecule has 0 amide bonds. The number of halogens is 2. The molecule has 0 bridgehead atoms. The Balaban J connectivity index is 2.09. The molecule has 0 saturated carbocycles. The molecule has 0 aliphatic carbocycles. The van der Waals surface area contributed by atoms with Gasteiger partial charge in [-0.3, -0.25) is 0 Å². The normalized spacial score (nSPS) is 18.3. The predicted octanol–water partition coefficient (Wildman–Crippen LogP) is 2.35. The zero-order valence-electron chi connectivity index (χ0n) is 12.1. The minimum Gasteiger partial charge on any atom is -0.300 e. The lowest BCUT2D eigenvalue weighted by Crippen LogP contribution is -2.49. The zero-order chi connectivity index (χ0) is 15.6. The average Bonchev–Trinajstić information content (AvgIpc) is 2.41. The molecular formula is C13H19Cl2N3O2S. The van der Waals surface area contributed by atoms with E-state index in [4.69, 9.17) is 23.2 Å². The van der Waals surface area contributed by atoms with Crippen LogP contribution in [-0.2, 0) is 10.0 Å². The van der Waals surface area contributed by atoms with Gasteiger partial charge in [0.25, 0.3) is 0 Å². The summed E-state index contributed by atoms with van der Waals surface area (Å²) in [6.07, 6.45) is 1.25. The third-order valence-corrected chi connectivity index (χ3v) is 5.91. The van der Waals surface area contributed by atoms with Gasteiger partial charge in [-0.25, -0.2) is 13.4 Å². The fraction of sp³-hybridized carbons (Fsp3) is 0.615. The summed E-state index contributed by atoms with van der Waals surface area (Å²) in [5.74, 6) is 0.576. The molecule has 1 aromatic rings. The summed E-state index contributed by atoms with van der Waals surface area (Å²) >= 11 is 11.6. The van der Waals surface area contributed by atoms with Gasteiger partial charge in [-0.05, 0) is 12.0 Å². The van der Waals surface area contributed by atoms with E-state index in [2.05, 4.69) is 23.7 Å². The number of pyridine rings is 1. The van der Waals surface area contributed by atoms with Crippen molar-refractivity contribution >= 4 is 33.2 Å². The van der Waals surface area contributed by atoms with Crippen molar-refractivity contribution in [2.24, 2.45) is 5.92 Å². The van der Waals surface area contributed by atoms with Crippen molar-refractivity contribution < 1.29 is 8.42 Å². The van der Waals surface area contributed by atoms with Crippen LogP contribution in [0.4, 0.5) is 0 Å². The molecule has 5 nitrogen and oxygen atoms in total. The van der Waals surface area contributed by atoms with Crippen LogP contribution >= 0.6 is 23.2 Å². The Morgan fingerprint density at radius 3 is 2.38 bits per heavy atom. The SMILES string of the molecule is CC(C)CN1CCN(S(=O)(=O)c2cnc(Cl)c(Cl)c2)CC1. The van der Waals surface area contributed by atoms with Crippen LogP contribution in [0.1, 0.15) is 13.8 Å². The first-order chi connectivity index (χ1) is 9.80. The number of piperazine rings is 1. The van der Waals surface area contributed by atoms with Crippen LogP contribution in [-0.4, -0.2) is 55.3 Å². The van der Waals surface area contributed by atoms with Gasteiger partial charge in [0, 0.05) is 38.9 Å². The van der Waals surface area contributed by atoms with Gasteiger partial charge >= 0.3 is 0 Å². The van der Waals surface area contributed by atoms with Crippen molar-refractivity contribution in [2.45, 2.75) is 18.7 Å². The second-order valence-electron chi connectivity index (χ2n) is 5.54. The fourth-order valence-corrected chi connectivity index (χ4v) is 4.09. The Kier molecular flexibility index (Phi) is 5.48. The monoisotopic (exact) mass is 351 g/mol. The molecule has 118 valence electrons. The number of hydrogen-bond donors (Lipinski definition) is 0. The van der Waals surface area contributed by atoms with Crippen LogP contribution < -0.4 is 0 Å². The number of hydrogen-bond acceptors (Lipinski definition) is 4. The first-order valence-electron chi connectivity index (χ1n) is 6.84. The molecule has 1 saturated heterocycles. The van der Waals surface area contributed by atoms with E-state index in [1.807, 2.05) is 0 Å². The molecule has 0 unspecified atom stereocenters. The van der Waals surface area contributed by atoms with E-state index >= 15 is 0 Å². The molecule has 21 heavy (non-hydrogen) atoms. The van der Waals surface area contributed by atoms with Crippen molar-refractivity contribution in [3.8, 4) is 0 Å². The van der Waals surface area contributed by atoms with E-state index in [1.54, 1.807) is 0 Å². The third-order valence-electron chi connectivity index (χ3n) is 3.36. The van der Waals surface area contributed by atoms with E-state index in [0.717, 1.165) is 19.6 Å². The predicted molar refractivity (Wildman–Crippen MR) is 84.3 cm³/mol. The molecule has 0 atom stereocenters. The van der Waals surface area contributed by atoms with Gasteiger partial charge in [0.2, 0.25) is 10.0 Å². The minimum atomic E-state index is -3.55. The van der Waals surface area contributed by atoms with Gasteiger partial charge in [-0.2, -0.15) is 4.31 Å². The summed E-state index contributed by atoms with van der Waals surface area (Å²) in [5, 5.41) is 0.258.